The van der Waals surface area contributed by atoms with Gasteiger partial charge in [-0.05, 0) is 30.3 Å². The number of hydrogen-bond donors (Lipinski definition) is 0. The van der Waals surface area contributed by atoms with E-state index < -0.39 is 0 Å². The van der Waals surface area contributed by atoms with Gasteiger partial charge in [0.2, 0.25) is 5.91 Å². The van der Waals surface area contributed by atoms with E-state index in [-0.39, 0.29) is 5.79 Å². The average Bonchev–Trinajstić information content (AvgIpc) is 2.89. The van der Waals surface area contributed by atoms with Crippen molar-refractivity contribution in [1.29, 1.82) is 0 Å². The second-order valence-electron chi connectivity index (χ2n) is 5.78. The van der Waals surface area contributed by atoms with E-state index in [2.05, 4.69) is 0 Å². The molecule has 19 heavy (non-hydrogen) atoms. The van der Waals surface area contributed by atoms with Crippen LogP contribution < -0.4 is 0 Å². The maximum absolute atomic E-state index is 12.3. The third-order valence-corrected chi connectivity index (χ3v) is 5.69. The standard InChI is InChI=1S/C14H23NO3S/c16-13(10-12-2-1-9-19-11-12)15-5-3-14(4-6-15)17-7-8-18-14/h12H,1-11H2. The van der Waals surface area contributed by atoms with Gasteiger partial charge in [0, 0.05) is 32.4 Å². The number of carbonyl (C=O) groups excluding carboxylic acids is 1. The molecular formula is C14H23NO3S. The molecule has 3 heterocycles. The van der Waals surface area contributed by atoms with E-state index in [1.165, 1.54) is 18.6 Å². The normalized spacial score (nSPS) is 30.7. The Bertz CT molecular complexity index is 315. The molecule has 108 valence electrons. The zero-order chi connectivity index (χ0) is 13.1. The Morgan fingerprint density at radius 1 is 1.26 bits per heavy atom. The molecule has 1 unspecified atom stereocenters. The Labute approximate surface area is 119 Å². The molecular weight excluding hydrogens is 262 g/mol. The number of nitrogens with zero attached hydrogens (tertiary/aromatic N) is 1. The van der Waals surface area contributed by atoms with Gasteiger partial charge in [0.25, 0.3) is 0 Å². The van der Waals surface area contributed by atoms with Crippen molar-refractivity contribution >= 4 is 17.7 Å². The van der Waals surface area contributed by atoms with Gasteiger partial charge in [-0.25, -0.2) is 0 Å². The molecule has 1 amide bonds. The summed E-state index contributed by atoms with van der Waals surface area (Å²) in [6.07, 6.45) is 4.90. The van der Waals surface area contributed by atoms with E-state index in [1.54, 1.807) is 0 Å². The van der Waals surface area contributed by atoms with Gasteiger partial charge in [-0.2, -0.15) is 11.8 Å². The fraction of sp³-hybridized carbons (Fsp3) is 0.929. The smallest absolute Gasteiger partial charge is 0.222 e. The molecule has 0 N–H and O–H groups in total. The highest BCUT2D eigenvalue weighted by molar-refractivity contribution is 7.99. The summed E-state index contributed by atoms with van der Waals surface area (Å²) in [6, 6.07) is 0. The first-order valence-corrected chi connectivity index (χ1v) is 8.56. The number of carbonyl (C=O) groups is 1. The number of likely N-dealkylation sites (tertiary alicyclic amines) is 1. The molecule has 3 rings (SSSR count). The summed E-state index contributed by atoms with van der Waals surface area (Å²) in [5.74, 6) is 3.00. The van der Waals surface area contributed by atoms with Gasteiger partial charge in [-0.1, -0.05) is 0 Å². The number of piperidine rings is 1. The molecule has 0 radical (unpaired) electrons. The van der Waals surface area contributed by atoms with Crippen molar-refractivity contribution in [3.8, 4) is 0 Å². The van der Waals surface area contributed by atoms with Gasteiger partial charge < -0.3 is 14.4 Å². The minimum atomic E-state index is -0.364. The Balaban J connectivity index is 1.46. The van der Waals surface area contributed by atoms with Crippen LogP contribution in [0.1, 0.15) is 32.1 Å². The van der Waals surface area contributed by atoms with Gasteiger partial charge in [-0.3, -0.25) is 4.79 Å². The van der Waals surface area contributed by atoms with Crippen LogP contribution in [0.25, 0.3) is 0 Å². The monoisotopic (exact) mass is 285 g/mol. The number of ether oxygens (including phenoxy) is 2. The third kappa shape index (κ3) is 3.26. The van der Waals surface area contributed by atoms with Crippen molar-refractivity contribution in [3.05, 3.63) is 0 Å². The summed E-state index contributed by atoms with van der Waals surface area (Å²) in [6.45, 7) is 2.98. The van der Waals surface area contributed by atoms with Gasteiger partial charge >= 0.3 is 0 Å². The van der Waals surface area contributed by atoms with E-state index in [0.29, 0.717) is 25.0 Å². The number of hydrogen-bond acceptors (Lipinski definition) is 4. The zero-order valence-corrected chi connectivity index (χ0v) is 12.3. The predicted molar refractivity (Wildman–Crippen MR) is 75.1 cm³/mol. The summed E-state index contributed by atoms with van der Waals surface area (Å²) in [4.78, 5) is 14.3. The van der Waals surface area contributed by atoms with E-state index in [4.69, 9.17) is 9.47 Å². The summed E-state index contributed by atoms with van der Waals surface area (Å²) < 4.78 is 11.4. The first-order valence-electron chi connectivity index (χ1n) is 7.41. The van der Waals surface area contributed by atoms with Gasteiger partial charge in [-0.15, -0.1) is 0 Å². The summed E-state index contributed by atoms with van der Waals surface area (Å²) >= 11 is 2.00. The summed E-state index contributed by atoms with van der Waals surface area (Å²) in [5.41, 5.74) is 0. The second kappa shape index (κ2) is 6.02. The number of amides is 1. The van der Waals surface area contributed by atoms with E-state index in [9.17, 15) is 4.79 Å². The first-order chi connectivity index (χ1) is 9.27. The van der Waals surface area contributed by atoms with Crippen LogP contribution in [0.4, 0.5) is 0 Å². The van der Waals surface area contributed by atoms with Crippen molar-refractivity contribution in [3.63, 3.8) is 0 Å². The lowest BCUT2D eigenvalue weighted by Crippen LogP contribution is -2.47. The maximum atomic E-state index is 12.3. The summed E-state index contributed by atoms with van der Waals surface area (Å²) in [5, 5.41) is 0. The van der Waals surface area contributed by atoms with Gasteiger partial charge in [0.15, 0.2) is 5.79 Å². The lowest BCUT2D eigenvalue weighted by Gasteiger charge is -2.38. The van der Waals surface area contributed by atoms with Crippen LogP contribution in [-0.2, 0) is 14.3 Å². The Kier molecular flexibility index (Phi) is 4.34. The SMILES string of the molecule is O=C(CC1CCCSC1)N1CCC2(CC1)OCCO2. The molecule has 0 saturated carbocycles. The van der Waals surface area contributed by atoms with Crippen LogP contribution in [0, 0.1) is 5.92 Å². The molecule has 1 spiro atoms. The number of thioether (sulfide) groups is 1. The van der Waals surface area contributed by atoms with Crippen LogP contribution >= 0.6 is 11.8 Å². The Hall–Kier alpha value is -0.260. The van der Waals surface area contributed by atoms with E-state index in [1.807, 2.05) is 16.7 Å². The molecule has 3 fully saturated rings. The Morgan fingerprint density at radius 3 is 2.63 bits per heavy atom. The largest absolute Gasteiger partial charge is 0.347 e. The Morgan fingerprint density at radius 2 is 2.00 bits per heavy atom. The van der Waals surface area contributed by atoms with Crippen molar-refractivity contribution in [2.75, 3.05) is 37.8 Å². The van der Waals surface area contributed by atoms with Crippen molar-refractivity contribution < 1.29 is 14.3 Å². The van der Waals surface area contributed by atoms with E-state index in [0.717, 1.165) is 38.1 Å². The average molecular weight is 285 g/mol. The molecule has 0 aliphatic carbocycles. The van der Waals surface area contributed by atoms with Crippen molar-refractivity contribution in [2.24, 2.45) is 5.92 Å². The van der Waals surface area contributed by atoms with Gasteiger partial charge in [0.1, 0.15) is 0 Å². The maximum Gasteiger partial charge on any atom is 0.222 e. The first kappa shape index (κ1) is 13.7. The number of rotatable bonds is 2. The van der Waals surface area contributed by atoms with Gasteiger partial charge in [0.05, 0.1) is 13.2 Å². The molecule has 0 aromatic heterocycles. The lowest BCUT2D eigenvalue weighted by molar-refractivity contribution is -0.187. The zero-order valence-electron chi connectivity index (χ0n) is 11.4. The molecule has 0 aromatic carbocycles. The van der Waals surface area contributed by atoms with Crippen molar-refractivity contribution in [1.82, 2.24) is 4.90 Å². The molecule has 1 atom stereocenters. The van der Waals surface area contributed by atoms with Crippen molar-refractivity contribution in [2.45, 2.75) is 37.9 Å². The molecule has 0 aromatic rings. The highest BCUT2D eigenvalue weighted by Crippen LogP contribution is 2.32. The highest BCUT2D eigenvalue weighted by atomic mass is 32.2. The topological polar surface area (TPSA) is 38.8 Å². The molecule has 0 bridgehead atoms. The minimum absolute atomic E-state index is 0.334. The fourth-order valence-electron chi connectivity index (χ4n) is 3.23. The molecule has 3 saturated heterocycles. The van der Waals surface area contributed by atoms with Crippen LogP contribution in [0.5, 0.6) is 0 Å². The molecule has 5 heteroatoms. The molecule has 3 aliphatic heterocycles. The van der Waals surface area contributed by atoms with Crippen LogP contribution in [0.15, 0.2) is 0 Å². The second-order valence-corrected chi connectivity index (χ2v) is 6.93. The third-order valence-electron chi connectivity index (χ3n) is 4.41. The highest BCUT2D eigenvalue weighted by Gasteiger charge is 2.40. The van der Waals surface area contributed by atoms with Crippen LogP contribution in [0.2, 0.25) is 0 Å². The lowest BCUT2D eigenvalue weighted by atomic mass is 9.98. The van der Waals surface area contributed by atoms with Crippen LogP contribution in [0.3, 0.4) is 0 Å². The van der Waals surface area contributed by atoms with E-state index >= 15 is 0 Å². The predicted octanol–water partition coefficient (Wildman–Crippen LogP) is 1.89. The quantitative estimate of drug-likeness (QED) is 0.776. The summed E-state index contributed by atoms with van der Waals surface area (Å²) in [7, 11) is 0. The van der Waals surface area contributed by atoms with Crippen LogP contribution in [-0.4, -0.2) is 54.4 Å². The molecule has 3 aliphatic rings. The molecule has 4 nitrogen and oxygen atoms in total. The minimum Gasteiger partial charge on any atom is -0.347 e. The fourth-order valence-corrected chi connectivity index (χ4v) is 4.38.